The molecule has 0 spiro atoms. The minimum atomic E-state index is -0.570. The molecule has 4 heteroatoms. The molecular formula is C12H20Cl2O2. The number of hydrogen-bond donors (Lipinski definition) is 0. The Labute approximate surface area is 108 Å². The molecule has 0 aliphatic carbocycles. The van der Waals surface area contributed by atoms with Gasteiger partial charge in [0, 0.05) is 11.8 Å². The SMILES string of the molecule is CC(C)(C)C(C(=O)Cl)C(C(=O)Cl)C(C)(C)C. The van der Waals surface area contributed by atoms with Crippen molar-refractivity contribution in [2.75, 3.05) is 0 Å². The summed E-state index contributed by atoms with van der Waals surface area (Å²) in [5, 5.41) is -0.997. The maximum Gasteiger partial charge on any atom is 0.226 e. The number of rotatable bonds is 3. The van der Waals surface area contributed by atoms with Gasteiger partial charge in [0.25, 0.3) is 0 Å². The van der Waals surface area contributed by atoms with E-state index in [0.717, 1.165) is 0 Å². The lowest BCUT2D eigenvalue weighted by molar-refractivity contribution is -0.132. The summed E-state index contributed by atoms with van der Waals surface area (Å²) in [6, 6.07) is 0. The zero-order chi connectivity index (χ0) is 13.3. The second-order valence-electron chi connectivity index (χ2n) is 6.30. The molecule has 0 bridgehead atoms. The van der Waals surface area contributed by atoms with Crippen LogP contribution in [0.2, 0.25) is 0 Å². The number of halogens is 2. The van der Waals surface area contributed by atoms with Crippen molar-refractivity contribution in [3.63, 3.8) is 0 Å². The van der Waals surface area contributed by atoms with Gasteiger partial charge in [0.2, 0.25) is 10.5 Å². The summed E-state index contributed by atoms with van der Waals surface area (Å²) in [5.41, 5.74) is -0.775. The third kappa shape index (κ3) is 4.06. The zero-order valence-corrected chi connectivity index (χ0v) is 12.2. The van der Waals surface area contributed by atoms with Crippen molar-refractivity contribution < 1.29 is 9.59 Å². The van der Waals surface area contributed by atoms with E-state index in [0.29, 0.717) is 0 Å². The summed E-state index contributed by atoms with van der Waals surface area (Å²) in [6.07, 6.45) is 0. The first kappa shape index (κ1) is 15.9. The van der Waals surface area contributed by atoms with Crippen LogP contribution in [-0.4, -0.2) is 10.5 Å². The molecule has 0 saturated heterocycles. The first-order valence-corrected chi connectivity index (χ1v) is 6.03. The van der Waals surface area contributed by atoms with Gasteiger partial charge in [0.15, 0.2) is 0 Å². The third-order valence-corrected chi connectivity index (χ3v) is 3.16. The Morgan fingerprint density at radius 3 is 1.00 bits per heavy atom. The maximum atomic E-state index is 11.5. The summed E-state index contributed by atoms with van der Waals surface area (Å²) >= 11 is 11.2. The van der Waals surface area contributed by atoms with Gasteiger partial charge >= 0.3 is 0 Å². The monoisotopic (exact) mass is 266 g/mol. The summed E-state index contributed by atoms with van der Waals surface area (Å²) in [4.78, 5) is 23.1. The first-order chi connectivity index (χ1) is 6.89. The Bertz CT molecular complexity index is 254. The van der Waals surface area contributed by atoms with E-state index in [4.69, 9.17) is 23.2 Å². The Morgan fingerprint density at radius 2 is 0.938 bits per heavy atom. The predicted molar refractivity (Wildman–Crippen MR) is 67.6 cm³/mol. The van der Waals surface area contributed by atoms with Crippen LogP contribution < -0.4 is 0 Å². The van der Waals surface area contributed by atoms with Crippen LogP contribution in [0.5, 0.6) is 0 Å². The van der Waals surface area contributed by atoms with Gasteiger partial charge in [-0.2, -0.15) is 0 Å². The molecule has 0 aromatic rings. The minimum Gasteiger partial charge on any atom is -0.281 e. The average molecular weight is 267 g/mol. The molecule has 0 fully saturated rings. The van der Waals surface area contributed by atoms with Gasteiger partial charge in [-0.05, 0) is 34.0 Å². The van der Waals surface area contributed by atoms with E-state index < -0.39 is 22.3 Å². The smallest absolute Gasteiger partial charge is 0.226 e. The van der Waals surface area contributed by atoms with Crippen LogP contribution in [0.4, 0.5) is 0 Å². The highest BCUT2D eigenvalue weighted by Gasteiger charge is 2.45. The molecule has 2 nitrogen and oxygen atoms in total. The second kappa shape index (κ2) is 5.05. The van der Waals surface area contributed by atoms with Crippen molar-refractivity contribution in [3.05, 3.63) is 0 Å². The molecule has 2 unspecified atom stereocenters. The lowest BCUT2D eigenvalue weighted by atomic mass is 9.65. The molecule has 16 heavy (non-hydrogen) atoms. The van der Waals surface area contributed by atoms with Gasteiger partial charge in [-0.3, -0.25) is 9.59 Å². The maximum absolute atomic E-state index is 11.5. The van der Waals surface area contributed by atoms with Crippen LogP contribution >= 0.6 is 23.2 Å². The lowest BCUT2D eigenvalue weighted by Crippen LogP contribution is -2.42. The molecule has 94 valence electrons. The van der Waals surface area contributed by atoms with Crippen LogP contribution in [0.15, 0.2) is 0 Å². The molecule has 0 amide bonds. The van der Waals surface area contributed by atoms with Gasteiger partial charge in [-0.25, -0.2) is 0 Å². The molecule has 0 aromatic heterocycles. The van der Waals surface area contributed by atoms with E-state index in [1.807, 2.05) is 41.5 Å². The summed E-state index contributed by atoms with van der Waals surface area (Å²) in [5.74, 6) is -1.14. The largest absolute Gasteiger partial charge is 0.281 e. The van der Waals surface area contributed by atoms with E-state index in [1.54, 1.807) is 0 Å². The Hall–Kier alpha value is -0.0800. The summed E-state index contributed by atoms with van der Waals surface area (Å²) < 4.78 is 0. The van der Waals surface area contributed by atoms with Gasteiger partial charge in [0.1, 0.15) is 0 Å². The van der Waals surface area contributed by atoms with Gasteiger partial charge in [-0.15, -0.1) is 0 Å². The molecule has 0 radical (unpaired) electrons. The second-order valence-corrected chi connectivity index (χ2v) is 7.04. The third-order valence-electron chi connectivity index (χ3n) is 2.69. The fourth-order valence-electron chi connectivity index (χ4n) is 1.94. The molecule has 0 saturated carbocycles. The quantitative estimate of drug-likeness (QED) is 0.728. The number of carbonyl (C=O) groups excluding carboxylic acids is 2. The molecule has 0 aliphatic rings. The van der Waals surface area contributed by atoms with Crippen LogP contribution in [0, 0.1) is 22.7 Å². The van der Waals surface area contributed by atoms with Crippen LogP contribution in [-0.2, 0) is 9.59 Å². The van der Waals surface area contributed by atoms with Gasteiger partial charge in [0.05, 0.1) is 0 Å². The highest BCUT2D eigenvalue weighted by atomic mass is 35.5. The predicted octanol–water partition coefficient (Wildman–Crippen LogP) is 3.84. The molecule has 0 aromatic carbocycles. The van der Waals surface area contributed by atoms with Crippen molar-refractivity contribution in [2.45, 2.75) is 41.5 Å². The first-order valence-electron chi connectivity index (χ1n) is 5.27. The molecule has 0 heterocycles. The zero-order valence-electron chi connectivity index (χ0n) is 10.7. The van der Waals surface area contributed by atoms with E-state index >= 15 is 0 Å². The molecule has 0 N–H and O–H groups in total. The Balaban J connectivity index is 5.48. The van der Waals surface area contributed by atoms with Crippen molar-refractivity contribution in [2.24, 2.45) is 22.7 Å². The lowest BCUT2D eigenvalue weighted by Gasteiger charge is -2.39. The Kier molecular flexibility index (Phi) is 5.03. The molecular weight excluding hydrogens is 247 g/mol. The van der Waals surface area contributed by atoms with E-state index in [9.17, 15) is 9.59 Å². The topological polar surface area (TPSA) is 34.1 Å². The molecule has 2 atom stereocenters. The summed E-state index contributed by atoms with van der Waals surface area (Å²) in [6.45, 7) is 11.3. The highest BCUT2D eigenvalue weighted by molar-refractivity contribution is 6.66. The van der Waals surface area contributed by atoms with E-state index in [1.165, 1.54) is 0 Å². The molecule has 0 rings (SSSR count). The van der Waals surface area contributed by atoms with Crippen molar-refractivity contribution in [3.8, 4) is 0 Å². The number of carbonyl (C=O) groups is 2. The van der Waals surface area contributed by atoms with Crippen LogP contribution in [0.1, 0.15) is 41.5 Å². The van der Waals surface area contributed by atoms with Gasteiger partial charge in [-0.1, -0.05) is 41.5 Å². The fraction of sp³-hybridized carbons (Fsp3) is 0.833. The normalized spacial score (nSPS) is 16.8. The highest BCUT2D eigenvalue weighted by Crippen LogP contribution is 2.43. The van der Waals surface area contributed by atoms with Gasteiger partial charge < -0.3 is 0 Å². The summed E-state index contributed by atoms with van der Waals surface area (Å²) in [7, 11) is 0. The van der Waals surface area contributed by atoms with Crippen molar-refractivity contribution in [1.29, 1.82) is 0 Å². The Morgan fingerprint density at radius 1 is 0.750 bits per heavy atom. The van der Waals surface area contributed by atoms with Crippen molar-refractivity contribution in [1.82, 2.24) is 0 Å². The van der Waals surface area contributed by atoms with Crippen LogP contribution in [0.25, 0.3) is 0 Å². The van der Waals surface area contributed by atoms with E-state index in [2.05, 4.69) is 0 Å². The number of hydrogen-bond acceptors (Lipinski definition) is 2. The van der Waals surface area contributed by atoms with E-state index in [-0.39, 0.29) is 10.8 Å². The van der Waals surface area contributed by atoms with Crippen LogP contribution in [0.3, 0.4) is 0 Å². The minimum absolute atomic E-state index is 0.388. The van der Waals surface area contributed by atoms with Crippen molar-refractivity contribution >= 4 is 33.7 Å². The molecule has 0 aliphatic heterocycles. The average Bonchev–Trinajstić information content (AvgIpc) is 1.92. The standard InChI is InChI=1S/C12H20Cl2O2/c1-11(2,3)7(9(13)15)8(10(14)16)12(4,5)6/h7-8H,1-6H3. The fourth-order valence-corrected chi connectivity index (χ4v) is 2.85.